The lowest BCUT2D eigenvalue weighted by atomic mass is 10.2. The predicted octanol–water partition coefficient (Wildman–Crippen LogP) is 3.15. The van der Waals surface area contributed by atoms with Gasteiger partial charge >= 0.3 is 6.18 Å². The number of carbonyl (C=O) groups is 1. The molecule has 1 fully saturated rings. The Bertz CT molecular complexity index is 1150. The first-order valence-corrected chi connectivity index (χ1v) is 9.90. The molecule has 0 spiro atoms. The van der Waals surface area contributed by atoms with Gasteiger partial charge in [0, 0.05) is 17.9 Å². The van der Waals surface area contributed by atoms with E-state index in [4.69, 9.17) is 5.73 Å². The minimum Gasteiger partial charge on any atom is -0.368 e. The van der Waals surface area contributed by atoms with Crippen molar-refractivity contribution in [1.29, 1.82) is 0 Å². The average molecular weight is 473 g/mol. The van der Waals surface area contributed by atoms with Crippen LogP contribution in [0.15, 0.2) is 36.5 Å². The summed E-state index contributed by atoms with van der Waals surface area (Å²) in [5.74, 6) is -1.98. The van der Waals surface area contributed by atoms with Crippen molar-refractivity contribution in [2.75, 3.05) is 29.0 Å². The number of nitrogen functional groups attached to an aromatic ring is 1. The van der Waals surface area contributed by atoms with E-state index in [1.54, 1.807) is 12.1 Å². The van der Waals surface area contributed by atoms with E-state index in [9.17, 15) is 22.4 Å². The van der Waals surface area contributed by atoms with Crippen LogP contribution in [-0.2, 0) is 4.79 Å². The second-order valence-electron chi connectivity index (χ2n) is 7.22. The van der Waals surface area contributed by atoms with E-state index in [0.717, 1.165) is 10.9 Å². The Hall–Kier alpha value is -3.97. The minimum absolute atomic E-state index is 0. The third-order valence-electron chi connectivity index (χ3n) is 4.86. The highest BCUT2D eigenvalue weighted by molar-refractivity contribution is 5.85. The quantitative estimate of drug-likeness (QED) is 0.466. The number of nitrogens with one attached hydrogen (secondary N) is 2. The Balaban J connectivity index is 0.00000324. The van der Waals surface area contributed by atoms with Crippen LogP contribution in [0.3, 0.4) is 0 Å². The zero-order valence-corrected chi connectivity index (χ0v) is 17.1. The average Bonchev–Trinajstić information content (AvgIpc) is 3.39. The fourth-order valence-electron chi connectivity index (χ4n) is 3.43. The molecule has 4 rings (SSSR count). The number of rotatable bonds is 6. The summed E-state index contributed by atoms with van der Waals surface area (Å²) in [5.41, 5.74) is 6.62. The van der Waals surface area contributed by atoms with Crippen molar-refractivity contribution >= 4 is 29.3 Å². The number of para-hydroxylation sites is 1. The summed E-state index contributed by atoms with van der Waals surface area (Å²) in [4.78, 5) is 25.7. The normalized spacial score (nSPS) is 16.1. The lowest BCUT2D eigenvalue weighted by Gasteiger charge is -2.25. The van der Waals surface area contributed by atoms with Gasteiger partial charge in [0.25, 0.3) is 5.95 Å². The smallest absolute Gasteiger partial charge is 0.368 e. The van der Waals surface area contributed by atoms with E-state index in [2.05, 4.69) is 25.4 Å². The summed E-state index contributed by atoms with van der Waals surface area (Å²) < 4.78 is 53.1. The molecule has 14 heteroatoms. The highest BCUT2D eigenvalue weighted by atomic mass is 19.4. The number of halogens is 4. The number of anilines is 4. The minimum atomic E-state index is -4.55. The lowest BCUT2D eigenvalue weighted by Crippen LogP contribution is -2.46. The summed E-state index contributed by atoms with van der Waals surface area (Å²) >= 11 is 0. The molecule has 1 aromatic carbocycles. The van der Waals surface area contributed by atoms with Gasteiger partial charge in [0.15, 0.2) is 11.6 Å². The van der Waals surface area contributed by atoms with E-state index in [0.29, 0.717) is 12.1 Å². The van der Waals surface area contributed by atoms with Crippen LogP contribution in [0.25, 0.3) is 5.95 Å². The molecule has 0 saturated carbocycles. The van der Waals surface area contributed by atoms with Crippen molar-refractivity contribution in [3.63, 3.8) is 0 Å². The number of nitrogens with zero attached hydrogens (tertiary/aromatic N) is 6. The fourth-order valence-corrected chi connectivity index (χ4v) is 3.43. The molecule has 182 valence electrons. The molecule has 0 bridgehead atoms. The third-order valence-corrected chi connectivity index (χ3v) is 4.86. The topological polar surface area (TPSA) is 127 Å². The van der Waals surface area contributed by atoms with Crippen molar-refractivity contribution < 1.29 is 28.1 Å². The van der Waals surface area contributed by atoms with E-state index in [1.807, 2.05) is 23.5 Å². The number of aromatic nitrogens is 5. The summed E-state index contributed by atoms with van der Waals surface area (Å²) in [6, 6.07) is 8.05. The van der Waals surface area contributed by atoms with E-state index in [1.165, 1.54) is 4.90 Å². The summed E-state index contributed by atoms with van der Waals surface area (Å²) in [7, 11) is 0. The summed E-state index contributed by atoms with van der Waals surface area (Å²) in [6.07, 6.45) is -2.95. The molecule has 1 saturated heterocycles. The third kappa shape index (κ3) is 5.10. The van der Waals surface area contributed by atoms with Crippen LogP contribution in [0.5, 0.6) is 0 Å². The van der Waals surface area contributed by atoms with Crippen LogP contribution in [-0.4, -0.2) is 55.9 Å². The van der Waals surface area contributed by atoms with Gasteiger partial charge in [-0.15, -0.1) is 5.10 Å². The highest BCUT2D eigenvalue weighted by Gasteiger charge is 2.36. The first kappa shape index (κ1) is 22.2. The Kier molecular flexibility index (Phi) is 5.98. The molecule has 1 aliphatic rings. The SMILES string of the molecule is Nc1nc(Nc2ccccc2)nn1-c1ncc(F)c(N2CCC[C@@H]2C(=O)NCC(F)(F)F)n1.[HH].[HH].[HH].[HH]. The molecule has 0 aliphatic carbocycles. The molecular weight excluding hydrogens is 446 g/mol. The van der Waals surface area contributed by atoms with Crippen LogP contribution in [0.1, 0.15) is 18.5 Å². The highest BCUT2D eigenvalue weighted by Crippen LogP contribution is 2.27. The maximum Gasteiger partial charge on any atom is 0.405 e. The van der Waals surface area contributed by atoms with Gasteiger partial charge in [-0.05, 0) is 25.0 Å². The van der Waals surface area contributed by atoms with Crippen LogP contribution in [0.2, 0.25) is 0 Å². The van der Waals surface area contributed by atoms with Gasteiger partial charge in [-0.1, -0.05) is 18.2 Å². The molecule has 33 heavy (non-hydrogen) atoms. The molecule has 3 aromatic rings. The second kappa shape index (κ2) is 8.88. The van der Waals surface area contributed by atoms with Crippen LogP contribution in [0.4, 0.5) is 41.0 Å². The Morgan fingerprint density at radius 3 is 2.73 bits per heavy atom. The van der Waals surface area contributed by atoms with Crippen molar-refractivity contribution in [1.82, 2.24) is 30.0 Å². The maximum absolute atomic E-state index is 14.6. The first-order valence-electron chi connectivity index (χ1n) is 9.90. The van der Waals surface area contributed by atoms with Crippen LogP contribution < -0.4 is 21.3 Å². The fraction of sp³-hybridized carbons (Fsp3) is 0.316. The van der Waals surface area contributed by atoms with Gasteiger partial charge in [-0.2, -0.15) is 27.8 Å². The Morgan fingerprint density at radius 2 is 2.00 bits per heavy atom. The molecule has 2 aromatic heterocycles. The van der Waals surface area contributed by atoms with Crippen LogP contribution in [0, 0.1) is 5.82 Å². The largest absolute Gasteiger partial charge is 0.405 e. The van der Waals surface area contributed by atoms with Crippen molar-refractivity contribution in [2.45, 2.75) is 25.1 Å². The molecule has 4 N–H and O–H groups in total. The van der Waals surface area contributed by atoms with Crippen LogP contribution >= 0.6 is 0 Å². The number of hydrogen-bond acceptors (Lipinski definition) is 8. The van der Waals surface area contributed by atoms with Gasteiger partial charge in [0.1, 0.15) is 12.6 Å². The molecule has 0 radical (unpaired) electrons. The predicted molar refractivity (Wildman–Crippen MR) is 119 cm³/mol. The van der Waals surface area contributed by atoms with Gasteiger partial charge in [0.2, 0.25) is 17.8 Å². The first-order chi connectivity index (χ1) is 15.7. The van der Waals surface area contributed by atoms with E-state index < -0.39 is 30.5 Å². The Labute approximate surface area is 190 Å². The van der Waals surface area contributed by atoms with Crippen molar-refractivity contribution in [3.05, 3.63) is 42.3 Å². The number of carbonyl (C=O) groups excluding carboxylic acids is 1. The van der Waals surface area contributed by atoms with Crippen molar-refractivity contribution in [3.8, 4) is 5.95 Å². The molecule has 10 nitrogen and oxygen atoms in total. The monoisotopic (exact) mass is 473 g/mol. The van der Waals surface area contributed by atoms with Gasteiger partial charge in [-0.25, -0.2) is 9.37 Å². The van der Waals surface area contributed by atoms with E-state index in [-0.39, 0.29) is 42.3 Å². The number of amides is 1. The van der Waals surface area contributed by atoms with Gasteiger partial charge in [0.05, 0.1) is 6.20 Å². The molecular formula is C19H27F4N9O. The standard InChI is InChI=1S/C19H19F4N9O.4H2/c20-12-9-25-18(32-16(24)29-17(30-32)27-11-5-2-1-3-6-11)28-14(12)31-8-4-7-13(31)15(33)26-10-19(21,22)23;;;;/h1-3,5-6,9,13H,4,7-8,10H2,(H,26,33)(H3,24,27,29,30);4*1H/t13-;;;;/m1..../s1. The molecule has 0 unspecified atom stereocenters. The number of alkyl halides is 3. The molecule has 1 atom stereocenters. The zero-order valence-electron chi connectivity index (χ0n) is 17.1. The second-order valence-corrected chi connectivity index (χ2v) is 7.22. The van der Waals surface area contributed by atoms with Crippen molar-refractivity contribution in [2.24, 2.45) is 0 Å². The zero-order chi connectivity index (χ0) is 23.6. The molecule has 3 heterocycles. The molecule has 1 aliphatic heterocycles. The Morgan fingerprint density at radius 1 is 1.24 bits per heavy atom. The summed E-state index contributed by atoms with van der Waals surface area (Å²) in [5, 5.41) is 8.98. The number of nitrogens with two attached hydrogens (primary N) is 1. The number of benzene rings is 1. The van der Waals surface area contributed by atoms with Gasteiger partial charge < -0.3 is 21.3 Å². The molecule has 1 amide bonds. The van der Waals surface area contributed by atoms with Gasteiger partial charge in [-0.3, -0.25) is 4.79 Å². The number of hydrogen-bond donors (Lipinski definition) is 3. The lowest BCUT2D eigenvalue weighted by molar-refractivity contribution is -0.139. The maximum atomic E-state index is 14.6. The van der Waals surface area contributed by atoms with E-state index >= 15 is 0 Å². The summed E-state index contributed by atoms with van der Waals surface area (Å²) in [6.45, 7) is -1.24.